The van der Waals surface area contributed by atoms with Gasteiger partial charge in [0.25, 0.3) is 0 Å². The highest BCUT2D eigenvalue weighted by molar-refractivity contribution is 6.15. The Morgan fingerprint density at radius 3 is 2.74 bits per heavy atom. The van der Waals surface area contributed by atoms with E-state index in [4.69, 9.17) is 9.15 Å². The van der Waals surface area contributed by atoms with E-state index in [-0.39, 0.29) is 11.4 Å². The second-order valence-corrected chi connectivity index (χ2v) is 5.76. The number of methoxy groups -OCH3 is 1. The molecule has 0 N–H and O–H groups in total. The number of hydrogen-bond acceptors (Lipinski definition) is 4. The molecule has 0 saturated heterocycles. The summed E-state index contributed by atoms with van der Waals surface area (Å²) >= 11 is 0. The third kappa shape index (κ3) is 3.04. The van der Waals surface area contributed by atoms with E-state index in [1.807, 2.05) is 12.1 Å². The Morgan fingerprint density at radius 1 is 1.35 bits per heavy atom. The maximum Gasteiger partial charge on any atom is 0.207 e. The molecular formula is C19H17NO3. The standard InChI is InChI=1S/C19H17NO3/c1-12-9-16(12)18-8-7-14(23-18)10-13(11-20)19(21)15-5-3-4-6-17(15)22-2/h3-8,10,12,16H,9H2,1-2H3/b13-10+/t12-,16+/m1/s1. The van der Waals surface area contributed by atoms with Gasteiger partial charge in [0.2, 0.25) is 5.78 Å². The molecule has 1 fully saturated rings. The highest BCUT2D eigenvalue weighted by atomic mass is 16.5. The van der Waals surface area contributed by atoms with Gasteiger partial charge in [0.05, 0.1) is 12.7 Å². The van der Waals surface area contributed by atoms with Gasteiger partial charge < -0.3 is 9.15 Å². The van der Waals surface area contributed by atoms with Gasteiger partial charge in [-0.3, -0.25) is 4.79 Å². The zero-order valence-corrected chi connectivity index (χ0v) is 13.1. The molecule has 1 heterocycles. The number of benzene rings is 1. The zero-order valence-electron chi connectivity index (χ0n) is 13.1. The first-order valence-corrected chi connectivity index (χ1v) is 7.53. The van der Waals surface area contributed by atoms with Crippen LogP contribution in [0, 0.1) is 17.2 Å². The molecule has 0 aliphatic heterocycles. The molecule has 4 nitrogen and oxygen atoms in total. The number of furan rings is 1. The van der Waals surface area contributed by atoms with E-state index >= 15 is 0 Å². The maximum absolute atomic E-state index is 12.6. The number of rotatable bonds is 5. The van der Waals surface area contributed by atoms with E-state index in [1.165, 1.54) is 13.2 Å². The number of para-hydroxylation sites is 1. The molecule has 3 rings (SSSR count). The summed E-state index contributed by atoms with van der Waals surface area (Å²) in [5.41, 5.74) is 0.393. The lowest BCUT2D eigenvalue weighted by atomic mass is 10.0. The molecule has 0 amide bonds. The fraction of sp³-hybridized carbons (Fsp3) is 0.263. The molecular weight excluding hydrogens is 290 g/mol. The van der Waals surface area contributed by atoms with E-state index in [0.29, 0.717) is 28.9 Å². The van der Waals surface area contributed by atoms with Gasteiger partial charge in [-0.25, -0.2) is 0 Å². The molecule has 23 heavy (non-hydrogen) atoms. The molecule has 4 heteroatoms. The maximum atomic E-state index is 12.6. The molecule has 1 aliphatic carbocycles. The fourth-order valence-corrected chi connectivity index (χ4v) is 2.63. The Balaban J connectivity index is 1.88. The number of allylic oxidation sites excluding steroid dienone is 1. The summed E-state index contributed by atoms with van der Waals surface area (Å²) in [6, 6.07) is 12.5. The predicted octanol–water partition coefficient (Wildman–Crippen LogP) is 4.20. The average molecular weight is 307 g/mol. The van der Waals surface area contributed by atoms with Crippen molar-refractivity contribution in [1.29, 1.82) is 5.26 Å². The summed E-state index contributed by atoms with van der Waals surface area (Å²) < 4.78 is 10.9. The first-order chi connectivity index (χ1) is 11.1. The van der Waals surface area contributed by atoms with E-state index in [0.717, 1.165) is 12.2 Å². The summed E-state index contributed by atoms with van der Waals surface area (Å²) in [7, 11) is 1.50. The number of hydrogen-bond donors (Lipinski definition) is 0. The number of Topliss-reactive ketones (excluding diaryl/α,β-unsaturated/α-hetero) is 1. The lowest BCUT2D eigenvalue weighted by molar-refractivity contribution is 0.103. The van der Waals surface area contributed by atoms with E-state index in [1.54, 1.807) is 30.3 Å². The molecule has 116 valence electrons. The highest BCUT2D eigenvalue weighted by Gasteiger charge is 2.36. The number of ether oxygens (including phenoxy) is 1. The molecule has 2 aromatic rings. The van der Waals surface area contributed by atoms with Crippen molar-refractivity contribution in [2.45, 2.75) is 19.3 Å². The van der Waals surface area contributed by atoms with Crippen LogP contribution in [0.4, 0.5) is 0 Å². The van der Waals surface area contributed by atoms with Crippen LogP contribution in [-0.4, -0.2) is 12.9 Å². The summed E-state index contributed by atoms with van der Waals surface area (Å²) in [6.45, 7) is 2.18. The molecule has 1 aromatic carbocycles. The lowest BCUT2D eigenvalue weighted by Crippen LogP contribution is -2.04. The van der Waals surface area contributed by atoms with Gasteiger partial charge in [-0.05, 0) is 36.6 Å². The normalized spacial score (nSPS) is 20.0. The quantitative estimate of drug-likeness (QED) is 0.472. The van der Waals surface area contributed by atoms with Crippen LogP contribution in [0.2, 0.25) is 0 Å². The van der Waals surface area contributed by atoms with Crippen molar-refractivity contribution < 1.29 is 13.9 Å². The summed E-state index contributed by atoms with van der Waals surface area (Å²) in [4.78, 5) is 12.6. The van der Waals surface area contributed by atoms with Crippen molar-refractivity contribution in [3.05, 3.63) is 59.1 Å². The first-order valence-electron chi connectivity index (χ1n) is 7.53. The Kier molecular flexibility index (Phi) is 4.03. The van der Waals surface area contributed by atoms with Gasteiger partial charge in [-0.15, -0.1) is 0 Å². The van der Waals surface area contributed by atoms with Gasteiger partial charge in [0.1, 0.15) is 28.9 Å². The molecule has 0 radical (unpaired) electrons. The lowest BCUT2D eigenvalue weighted by Gasteiger charge is -2.05. The summed E-state index contributed by atoms with van der Waals surface area (Å²) in [5, 5.41) is 9.33. The third-order valence-corrected chi connectivity index (χ3v) is 4.13. The number of nitriles is 1. The van der Waals surface area contributed by atoms with Crippen molar-refractivity contribution in [2.75, 3.05) is 7.11 Å². The smallest absolute Gasteiger partial charge is 0.207 e. The zero-order chi connectivity index (χ0) is 16.4. The highest BCUT2D eigenvalue weighted by Crippen LogP contribution is 2.47. The Bertz CT molecular complexity index is 810. The van der Waals surface area contributed by atoms with Crippen LogP contribution >= 0.6 is 0 Å². The number of ketones is 1. The Morgan fingerprint density at radius 2 is 2.09 bits per heavy atom. The van der Waals surface area contributed by atoms with E-state index < -0.39 is 0 Å². The minimum absolute atomic E-state index is 0.0271. The molecule has 2 atom stereocenters. The van der Waals surface area contributed by atoms with Crippen LogP contribution in [0.15, 0.2) is 46.4 Å². The monoisotopic (exact) mass is 307 g/mol. The second-order valence-electron chi connectivity index (χ2n) is 5.76. The van der Waals surface area contributed by atoms with Crippen molar-refractivity contribution in [1.82, 2.24) is 0 Å². The van der Waals surface area contributed by atoms with Crippen LogP contribution in [0.5, 0.6) is 5.75 Å². The molecule has 1 saturated carbocycles. The van der Waals surface area contributed by atoms with Crippen molar-refractivity contribution in [3.63, 3.8) is 0 Å². The molecule has 1 aromatic heterocycles. The number of carbonyl (C=O) groups excluding carboxylic acids is 1. The first kappa shape index (κ1) is 15.1. The van der Waals surface area contributed by atoms with Crippen LogP contribution in [0.25, 0.3) is 6.08 Å². The molecule has 0 bridgehead atoms. The van der Waals surface area contributed by atoms with Crippen LogP contribution in [0.3, 0.4) is 0 Å². The van der Waals surface area contributed by atoms with E-state index in [2.05, 4.69) is 6.92 Å². The predicted molar refractivity (Wildman–Crippen MR) is 86.1 cm³/mol. The Labute approximate surface area is 135 Å². The summed E-state index contributed by atoms with van der Waals surface area (Å²) in [5.74, 6) is 2.63. The van der Waals surface area contributed by atoms with E-state index in [9.17, 15) is 10.1 Å². The second kappa shape index (κ2) is 6.13. The minimum Gasteiger partial charge on any atom is -0.496 e. The largest absolute Gasteiger partial charge is 0.496 e. The molecule has 0 unspecified atom stereocenters. The van der Waals surface area contributed by atoms with Crippen molar-refractivity contribution in [3.8, 4) is 11.8 Å². The van der Waals surface area contributed by atoms with Crippen LogP contribution in [0.1, 0.15) is 41.1 Å². The SMILES string of the molecule is COc1ccccc1C(=O)/C(C#N)=C/c1ccc([C@H]2C[C@H]2C)o1. The van der Waals surface area contributed by atoms with Gasteiger partial charge >= 0.3 is 0 Å². The van der Waals surface area contributed by atoms with Gasteiger partial charge in [-0.1, -0.05) is 19.1 Å². The van der Waals surface area contributed by atoms with Crippen molar-refractivity contribution in [2.24, 2.45) is 5.92 Å². The fourth-order valence-electron chi connectivity index (χ4n) is 2.63. The molecule has 0 spiro atoms. The minimum atomic E-state index is -0.373. The van der Waals surface area contributed by atoms with Crippen LogP contribution in [-0.2, 0) is 0 Å². The topological polar surface area (TPSA) is 63.2 Å². The number of carbonyl (C=O) groups is 1. The Hall–Kier alpha value is -2.80. The summed E-state index contributed by atoms with van der Waals surface area (Å²) in [6.07, 6.45) is 2.62. The number of nitrogens with zero attached hydrogens (tertiary/aromatic N) is 1. The van der Waals surface area contributed by atoms with Crippen molar-refractivity contribution >= 4 is 11.9 Å². The van der Waals surface area contributed by atoms with Crippen LogP contribution < -0.4 is 4.74 Å². The van der Waals surface area contributed by atoms with Gasteiger partial charge in [0.15, 0.2) is 0 Å². The molecule has 1 aliphatic rings. The third-order valence-electron chi connectivity index (χ3n) is 4.13. The van der Waals surface area contributed by atoms with Gasteiger partial charge in [0, 0.05) is 12.0 Å². The average Bonchev–Trinajstić information content (AvgIpc) is 3.13. The van der Waals surface area contributed by atoms with Gasteiger partial charge in [-0.2, -0.15) is 5.26 Å².